The molecule has 122 valence electrons. The molecule has 0 heterocycles. The molecule has 0 saturated carbocycles. The molecule has 0 aliphatic carbocycles. The summed E-state index contributed by atoms with van der Waals surface area (Å²) < 4.78 is 0. The largest absolute Gasteiger partial charge is 0.368 e. The Morgan fingerprint density at radius 1 is 1.08 bits per heavy atom. The number of benzene rings is 2. The molecule has 0 aliphatic rings. The molecule has 5 nitrogen and oxygen atoms in total. The number of rotatable bonds is 6. The zero-order chi connectivity index (χ0) is 17.5. The lowest BCUT2D eigenvalue weighted by atomic mass is 9.97. The summed E-state index contributed by atoms with van der Waals surface area (Å²) in [7, 11) is 0. The van der Waals surface area contributed by atoms with Gasteiger partial charge in [-0.25, -0.2) is 0 Å². The molecule has 5 heteroatoms. The average Bonchev–Trinajstić information content (AvgIpc) is 2.60. The van der Waals surface area contributed by atoms with Gasteiger partial charge in [0.05, 0.1) is 6.07 Å². The van der Waals surface area contributed by atoms with Crippen LogP contribution >= 0.6 is 0 Å². The number of primary amides is 1. The van der Waals surface area contributed by atoms with Gasteiger partial charge in [-0.05, 0) is 29.2 Å². The Morgan fingerprint density at radius 2 is 1.67 bits per heavy atom. The maximum absolute atomic E-state index is 12.3. The standard InChI is InChI=1S/C19H19N3O2/c1-13(11-12-20)17(18(21)23)22-19(24)16-9-7-15(8-10-16)14-5-3-2-4-6-14/h2-10,13,17H,11H2,1H3,(H2,21,23)(H,22,24)/t13-,17-/m1/s1. The quantitative estimate of drug-likeness (QED) is 0.855. The Labute approximate surface area is 141 Å². The summed E-state index contributed by atoms with van der Waals surface area (Å²) in [6.07, 6.45) is 0.140. The summed E-state index contributed by atoms with van der Waals surface area (Å²) in [5, 5.41) is 11.4. The van der Waals surface area contributed by atoms with E-state index in [-0.39, 0.29) is 18.2 Å². The first-order valence-corrected chi connectivity index (χ1v) is 7.65. The molecule has 0 aromatic heterocycles. The van der Waals surface area contributed by atoms with Crippen LogP contribution in [0.25, 0.3) is 11.1 Å². The van der Waals surface area contributed by atoms with E-state index in [0.717, 1.165) is 11.1 Å². The second-order valence-corrected chi connectivity index (χ2v) is 5.64. The molecule has 24 heavy (non-hydrogen) atoms. The van der Waals surface area contributed by atoms with Crippen LogP contribution in [-0.4, -0.2) is 17.9 Å². The normalized spacial score (nSPS) is 12.7. The van der Waals surface area contributed by atoms with Crippen molar-refractivity contribution in [2.24, 2.45) is 11.7 Å². The predicted molar refractivity (Wildman–Crippen MR) is 91.7 cm³/mol. The van der Waals surface area contributed by atoms with Gasteiger partial charge in [0.25, 0.3) is 5.91 Å². The molecule has 2 aromatic carbocycles. The Bertz CT molecular complexity index is 748. The van der Waals surface area contributed by atoms with Crippen LogP contribution in [0.4, 0.5) is 0 Å². The van der Waals surface area contributed by atoms with Crippen molar-refractivity contribution in [2.75, 3.05) is 0 Å². The second-order valence-electron chi connectivity index (χ2n) is 5.64. The van der Waals surface area contributed by atoms with Gasteiger partial charge in [-0.3, -0.25) is 9.59 Å². The Morgan fingerprint density at radius 3 is 2.21 bits per heavy atom. The minimum absolute atomic E-state index is 0.140. The number of hydrogen-bond acceptors (Lipinski definition) is 3. The van der Waals surface area contributed by atoms with Crippen LogP contribution in [0.2, 0.25) is 0 Å². The molecule has 0 aliphatic heterocycles. The van der Waals surface area contributed by atoms with Crippen LogP contribution < -0.4 is 11.1 Å². The number of nitrogens with one attached hydrogen (secondary N) is 1. The zero-order valence-corrected chi connectivity index (χ0v) is 13.4. The van der Waals surface area contributed by atoms with E-state index >= 15 is 0 Å². The third-order valence-electron chi connectivity index (χ3n) is 3.83. The highest BCUT2D eigenvalue weighted by molar-refractivity contribution is 5.97. The molecule has 2 amide bonds. The third-order valence-corrected chi connectivity index (χ3v) is 3.83. The fourth-order valence-electron chi connectivity index (χ4n) is 2.42. The molecule has 2 atom stereocenters. The van der Waals surface area contributed by atoms with Crippen molar-refractivity contribution in [1.29, 1.82) is 5.26 Å². The van der Waals surface area contributed by atoms with Crippen LogP contribution in [0.1, 0.15) is 23.7 Å². The van der Waals surface area contributed by atoms with Crippen molar-refractivity contribution in [3.63, 3.8) is 0 Å². The van der Waals surface area contributed by atoms with Gasteiger partial charge in [0.2, 0.25) is 5.91 Å². The monoisotopic (exact) mass is 321 g/mol. The van der Waals surface area contributed by atoms with E-state index in [9.17, 15) is 9.59 Å². The first-order chi connectivity index (χ1) is 11.5. The van der Waals surface area contributed by atoms with Gasteiger partial charge in [0, 0.05) is 12.0 Å². The lowest BCUT2D eigenvalue weighted by molar-refractivity contribution is -0.120. The molecule has 0 bridgehead atoms. The summed E-state index contributed by atoms with van der Waals surface area (Å²) in [6.45, 7) is 1.71. The first-order valence-electron chi connectivity index (χ1n) is 7.65. The van der Waals surface area contributed by atoms with Gasteiger partial charge in [-0.15, -0.1) is 0 Å². The van der Waals surface area contributed by atoms with Gasteiger partial charge in [-0.1, -0.05) is 49.4 Å². The summed E-state index contributed by atoms with van der Waals surface area (Å²) in [4.78, 5) is 23.8. The van der Waals surface area contributed by atoms with Crippen molar-refractivity contribution >= 4 is 11.8 Å². The fraction of sp³-hybridized carbons (Fsp3) is 0.211. The van der Waals surface area contributed by atoms with Gasteiger partial charge >= 0.3 is 0 Å². The Kier molecular flexibility index (Phi) is 5.69. The smallest absolute Gasteiger partial charge is 0.251 e. The summed E-state index contributed by atoms with van der Waals surface area (Å²) >= 11 is 0. The van der Waals surface area contributed by atoms with E-state index in [1.165, 1.54) is 0 Å². The number of nitrogens with zero attached hydrogens (tertiary/aromatic N) is 1. The van der Waals surface area contributed by atoms with Crippen molar-refractivity contribution in [2.45, 2.75) is 19.4 Å². The van der Waals surface area contributed by atoms with Crippen LogP contribution in [0.5, 0.6) is 0 Å². The number of carbonyl (C=O) groups excluding carboxylic acids is 2. The summed E-state index contributed by atoms with van der Waals surface area (Å²) in [6, 6.07) is 18.0. The van der Waals surface area contributed by atoms with Gasteiger partial charge < -0.3 is 11.1 Å². The van der Waals surface area contributed by atoms with Crippen LogP contribution in [0.3, 0.4) is 0 Å². The number of amides is 2. The van der Waals surface area contributed by atoms with Crippen LogP contribution in [0.15, 0.2) is 54.6 Å². The van der Waals surface area contributed by atoms with Gasteiger partial charge in [-0.2, -0.15) is 5.26 Å². The Balaban J connectivity index is 2.12. The molecule has 2 aromatic rings. The first kappa shape index (κ1) is 17.2. The van der Waals surface area contributed by atoms with E-state index in [2.05, 4.69) is 5.32 Å². The zero-order valence-electron chi connectivity index (χ0n) is 13.4. The number of nitrogens with two attached hydrogens (primary N) is 1. The second kappa shape index (κ2) is 7.93. The minimum atomic E-state index is -0.869. The van der Waals surface area contributed by atoms with Gasteiger partial charge in [0.1, 0.15) is 6.04 Å². The summed E-state index contributed by atoms with van der Waals surface area (Å²) in [5.74, 6) is -1.38. The van der Waals surface area contributed by atoms with E-state index < -0.39 is 11.9 Å². The highest BCUT2D eigenvalue weighted by atomic mass is 16.2. The SMILES string of the molecule is C[C@H](CC#N)[C@@H](NC(=O)c1ccc(-c2ccccc2)cc1)C(N)=O. The van der Waals surface area contributed by atoms with Crippen molar-refractivity contribution in [3.05, 3.63) is 60.2 Å². The van der Waals surface area contributed by atoms with Crippen molar-refractivity contribution in [1.82, 2.24) is 5.32 Å². The topological polar surface area (TPSA) is 96.0 Å². The molecule has 0 spiro atoms. The number of hydrogen-bond donors (Lipinski definition) is 2. The molecule has 3 N–H and O–H groups in total. The van der Waals surface area contributed by atoms with E-state index in [1.54, 1.807) is 19.1 Å². The highest BCUT2D eigenvalue weighted by Crippen LogP contribution is 2.19. The van der Waals surface area contributed by atoms with Crippen LogP contribution in [0, 0.1) is 17.2 Å². The minimum Gasteiger partial charge on any atom is -0.368 e. The molecule has 0 unspecified atom stereocenters. The molecule has 0 radical (unpaired) electrons. The lowest BCUT2D eigenvalue weighted by Gasteiger charge is -2.20. The molecule has 0 fully saturated rings. The lowest BCUT2D eigenvalue weighted by Crippen LogP contribution is -2.48. The molecule has 2 rings (SSSR count). The summed E-state index contributed by atoms with van der Waals surface area (Å²) in [5.41, 5.74) is 7.82. The van der Waals surface area contributed by atoms with E-state index in [1.807, 2.05) is 48.5 Å². The van der Waals surface area contributed by atoms with Crippen molar-refractivity contribution < 1.29 is 9.59 Å². The Hall–Kier alpha value is -3.13. The third kappa shape index (κ3) is 4.20. The number of nitriles is 1. The maximum atomic E-state index is 12.3. The molecule has 0 saturated heterocycles. The number of carbonyl (C=O) groups is 2. The van der Waals surface area contributed by atoms with Gasteiger partial charge in [0.15, 0.2) is 0 Å². The van der Waals surface area contributed by atoms with E-state index in [4.69, 9.17) is 11.0 Å². The highest BCUT2D eigenvalue weighted by Gasteiger charge is 2.25. The van der Waals surface area contributed by atoms with Crippen molar-refractivity contribution in [3.8, 4) is 17.2 Å². The fourth-order valence-corrected chi connectivity index (χ4v) is 2.42. The molecular weight excluding hydrogens is 302 g/mol. The molecular formula is C19H19N3O2. The maximum Gasteiger partial charge on any atom is 0.251 e. The van der Waals surface area contributed by atoms with E-state index in [0.29, 0.717) is 5.56 Å². The van der Waals surface area contributed by atoms with Crippen LogP contribution in [-0.2, 0) is 4.79 Å². The predicted octanol–water partition coefficient (Wildman–Crippen LogP) is 2.49. The average molecular weight is 321 g/mol.